The zero-order valence-corrected chi connectivity index (χ0v) is 29.4. The number of aromatic hydroxyl groups is 1. The van der Waals surface area contributed by atoms with Gasteiger partial charge in [0.2, 0.25) is 0 Å². The van der Waals surface area contributed by atoms with Gasteiger partial charge >= 0.3 is 5.97 Å². The smallest absolute Gasteiger partial charge is 0.333 e. The summed E-state index contributed by atoms with van der Waals surface area (Å²) in [5.74, 6) is -0.301. The van der Waals surface area contributed by atoms with E-state index in [4.69, 9.17) is 14.3 Å². The fourth-order valence-corrected chi connectivity index (χ4v) is 5.54. The molecule has 2 aliphatic heterocycles. The molecule has 0 aliphatic carbocycles. The number of hydrogen-bond donors (Lipinski definition) is 1. The summed E-state index contributed by atoms with van der Waals surface area (Å²) >= 11 is 0. The number of benzene rings is 1. The maximum atomic E-state index is 11.8. The van der Waals surface area contributed by atoms with Gasteiger partial charge in [0, 0.05) is 86.3 Å². The molecule has 219 valence electrons. The Balaban J connectivity index is 0.00000560. The normalized spacial score (nSPS) is 16.8. The van der Waals surface area contributed by atoms with Gasteiger partial charge in [0.1, 0.15) is 11.5 Å². The molecule has 1 radical (unpaired) electrons. The van der Waals surface area contributed by atoms with Crippen molar-refractivity contribution in [2.24, 2.45) is 10.8 Å². The number of hydrogen-bond acceptors (Lipinski definition) is 7. The molecule has 40 heavy (non-hydrogen) atoms. The van der Waals surface area contributed by atoms with E-state index in [2.05, 4.69) is 27.7 Å². The Morgan fingerprint density at radius 2 is 1.60 bits per heavy atom. The van der Waals surface area contributed by atoms with E-state index in [-0.39, 0.29) is 79.9 Å². The zero-order valence-electron chi connectivity index (χ0n) is 24.6. The molecule has 8 nitrogen and oxygen atoms in total. The summed E-state index contributed by atoms with van der Waals surface area (Å²) in [6.45, 7) is 10.7. The average Bonchev–Trinajstić information content (AvgIpc) is 3.37. The van der Waals surface area contributed by atoms with Crippen molar-refractivity contribution in [2.75, 3.05) is 19.8 Å². The van der Waals surface area contributed by atoms with E-state index in [1.165, 1.54) is 5.57 Å². The van der Waals surface area contributed by atoms with Gasteiger partial charge in [-0.1, -0.05) is 78.4 Å². The fraction of sp³-hybridized carbons (Fsp3) is 0.645. The molecule has 2 amide bonds. The molecule has 1 aromatic rings. The third-order valence-corrected chi connectivity index (χ3v) is 7.35. The summed E-state index contributed by atoms with van der Waals surface area (Å²) in [5, 5.41) is 10.6. The Kier molecular flexibility index (Phi) is 14.1. The van der Waals surface area contributed by atoms with Crippen molar-refractivity contribution >= 4 is 23.5 Å². The van der Waals surface area contributed by atoms with E-state index < -0.39 is 17.8 Å². The van der Waals surface area contributed by atoms with Crippen molar-refractivity contribution in [1.29, 1.82) is 0 Å². The number of rotatable bonds is 16. The molecular weight excluding hydrogens is 725 g/mol. The van der Waals surface area contributed by atoms with Crippen LogP contribution in [0.2, 0.25) is 0 Å². The predicted molar refractivity (Wildman–Crippen MR) is 148 cm³/mol. The van der Waals surface area contributed by atoms with Crippen LogP contribution in [0.5, 0.6) is 5.75 Å². The third kappa shape index (κ3) is 10.1. The second-order valence-corrected chi connectivity index (χ2v) is 12.0. The Morgan fingerprint density at radius 3 is 2.23 bits per heavy atom. The number of phenolic OH excluding ortho intramolecular Hbond substituents is 1. The predicted octanol–water partition coefficient (Wildman–Crippen LogP) is 6.32. The third-order valence-electron chi connectivity index (χ3n) is 7.35. The quantitative estimate of drug-likeness (QED) is 0.155. The molecule has 0 unspecified atom stereocenters. The molecular formula is C31H45AcNO7. The first-order chi connectivity index (χ1) is 18.5. The Bertz CT molecular complexity index is 1030. The molecule has 0 bridgehead atoms. The molecule has 1 aromatic carbocycles. The number of hydroxylamine groups is 2. The van der Waals surface area contributed by atoms with Gasteiger partial charge in [0.25, 0.3) is 11.8 Å². The van der Waals surface area contributed by atoms with Crippen LogP contribution in [0.25, 0.3) is 5.76 Å². The fourth-order valence-electron chi connectivity index (χ4n) is 5.54. The first kappa shape index (κ1) is 34.8. The number of phenols is 1. The Hall–Kier alpha value is -1.43. The van der Waals surface area contributed by atoms with Gasteiger partial charge in [-0.25, -0.2) is 4.79 Å². The minimum absolute atomic E-state index is 0. The van der Waals surface area contributed by atoms with E-state index in [0.717, 1.165) is 62.9 Å². The van der Waals surface area contributed by atoms with Crippen LogP contribution in [0.1, 0.15) is 104 Å². The van der Waals surface area contributed by atoms with Crippen LogP contribution in [-0.4, -0.2) is 47.8 Å². The largest absolute Gasteiger partial charge is 0.508 e. The van der Waals surface area contributed by atoms with Crippen LogP contribution in [0, 0.1) is 54.9 Å². The number of unbranched alkanes of at least 4 members (excludes halogenated alkanes) is 7. The van der Waals surface area contributed by atoms with Gasteiger partial charge in [-0.05, 0) is 30.5 Å². The van der Waals surface area contributed by atoms with E-state index >= 15 is 0 Å². The Morgan fingerprint density at radius 1 is 1.00 bits per heavy atom. The summed E-state index contributed by atoms with van der Waals surface area (Å²) in [6, 6.07) is 7.24. The maximum absolute atomic E-state index is 11.8. The van der Waals surface area contributed by atoms with Crippen molar-refractivity contribution in [3.8, 4) is 5.75 Å². The van der Waals surface area contributed by atoms with Crippen molar-refractivity contribution < 1.29 is 77.9 Å². The van der Waals surface area contributed by atoms with Crippen LogP contribution in [0.4, 0.5) is 0 Å². The van der Waals surface area contributed by atoms with Gasteiger partial charge in [0.15, 0.2) is 0 Å². The Labute approximate surface area is 274 Å². The molecule has 1 fully saturated rings. The van der Waals surface area contributed by atoms with Crippen LogP contribution >= 0.6 is 0 Å². The van der Waals surface area contributed by atoms with E-state index in [0.29, 0.717) is 24.7 Å². The second kappa shape index (κ2) is 16.3. The number of carbonyl (C=O) groups excluding carboxylic acids is 3. The van der Waals surface area contributed by atoms with E-state index in [1.54, 1.807) is 12.1 Å². The summed E-state index contributed by atoms with van der Waals surface area (Å²) < 4.78 is 12.3. The summed E-state index contributed by atoms with van der Waals surface area (Å²) in [4.78, 5) is 39.7. The summed E-state index contributed by atoms with van der Waals surface area (Å²) in [6.07, 6.45) is 8.70. The number of nitrogens with zero attached hydrogens (tertiary/aromatic N) is 1. The van der Waals surface area contributed by atoms with Gasteiger partial charge in [0.05, 0.1) is 13.2 Å². The van der Waals surface area contributed by atoms with Crippen LogP contribution in [0.3, 0.4) is 0 Å². The van der Waals surface area contributed by atoms with Crippen molar-refractivity contribution in [3.63, 3.8) is 0 Å². The monoisotopic (exact) mass is 770 g/mol. The number of carbonyl (C=O) groups is 3. The second-order valence-electron chi connectivity index (χ2n) is 12.0. The van der Waals surface area contributed by atoms with E-state index in [1.807, 2.05) is 12.1 Å². The first-order valence-corrected chi connectivity index (χ1v) is 14.3. The minimum Gasteiger partial charge on any atom is -0.508 e. The molecule has 2 aliphatic rings. The standard InChI is InChI=1S/C31H45NO7.Ac/c1-30(2,29-28(38-22-31(29,3)4)23-14-13-15-24(33)20-23)21-37-19-12-10-8-6-5-7-9-11-16-27(36)39-32-25(34)17-18-26(32)35;/h13-15,20,33H,5-12,16-19,21-22H2,1-4H3;. The minimum atomic E-state index is -0.516. The summed E-state index contributed by atoms with van der Waals surface area (Å²) in [5.41, 5.74) is 1.82. The molecule has 3 rings (SSSR count). The summed E-state index contributed by atoms with van der Waals surface area (Å²) in [7, 11) is 0. The van der Waals surface area contributed by atoms with Crippen LogP contribution < -0.4 is 0 Å². The molecule has 1 N–H and O–H groups in total. The molecule has 0 atom stereocenters. The molecule has 0 saturated carbocycles. The molecule has 1 saturated heterocycles. The van der Waals surface area contributed by atoms with E-state index in [9.17, 15) is 19.5 Å². The van der Waals surface area contributed by atoms with Gasteiger partial charge in [-0.2, -0.15) is 0 Å². The zero-order chi connectivity index (χ0) is 28.5. The van der Waals surface area contributed by atoms with Gasteiger partial charge in [-0.15, -0.1) is 5.06 Å². The van der Waals surface area contributed by atoms with Crippen molar-refractivity contribution in [1.82, 2.24) is 5.06 Å². The van der Waals surface area contributed by atoms with Crippen LogP contribution in [-0.2, 0) is 28.7 Å². The van der Waals surface area contributed by atoms with Crippen LogP contribution in [0.15, 0.2) is 29.8 Å². The number of ether oxygens (including phenoxy) is 2. The maximum Gasteiger partial charge on any atom is 0.333 e. The van der Waals surface area contributed by atoms with Gasteiger partial charge in [-0.3, -0.25) is 9.59 Å². The first-order valence-electron chi connectivity index (χ1n) is 14.3. The topological polar surface area (TPSA) is 102 Å². The molecule has 2 heterocycles. The molecule has 0 aromatic heterocycles. The molecule has 9 heteroatoms. The average molecular weight is 771 g/mol. The SMILES string of the molecule is CC(C)(COCCCCCCCCCCC(=O)ON1C(=O)CCC1=O)C1=C(c2cccc(O)c2)OCC1(C)C.[Ac]. The number of imide groups is 1. The van der Waals surface area contributed by atoms with Crippen molar-refractivity contribution in [2.45, 2.75) is 98.3 Å². The van der Waals surface area contributed by atoms with Crippen molar-refractivity contribution in [3.05, 3.63) is 35.4 Å². The van der Waals surface area contributed by atoms with Gasteiger partial charge < -0.3 is 19.4 Å². The molecule has 0 spiro atoms. The number of amides is 2.